The van der Waals surface area contributed by atoms with Crippen LogP contribution in [0.15, 0.2) is 40.9 Å². The van der Waals surface area contributed by atoms with E-state index in [2.05, 4.69) is 36.0 Å². The van der Waals surface area contributed by atoms with Crippen molar-refractivity contribution in [3.05, 3.63) is 35.6 Å². The number of benzene rings is 1. The number of hydrogen-bond acceptors (Lipinski definition) is 11. The molecule has 4 atom stereocenters. The van der Waals surface area contributed by atoms with Crippen LogP contribution in [-0.2, 0) is 4.74 Å². The van der Waals surface area contributed by atoms with Gasteiger partial charge >= 0.3 is 6.03 Å². The maximum Gasteiger partial charge on any atom is 0.341 e. The molecule has 1 saturated heterocycles. The van der Waals surface area contributed by atoms with Gasteiger partial charge in [-0.15, -0.1) is 0 Å². The Balaban J connectivity index is 1.51. The summed E-state index contributed by atoms with van der Waals surface area (Å²) in [6.07, 6.45) is -3.40. The summed E-state index contributed by atoms with van der Waals surface area (Å²) in [7, 11) is 0. The average molecular weight is 464 g/mol. The molecular formula is C17H18ClN9O5. The third-order valence-corrected chi connectivity index (χ3v) is 4.84. The minimum Gasteiger partial charge on any atom is -0.394 e. The fourth-order valence-corrected chi connectivity index (χ4v) is 3.30. The lowest BCUT2D eigenvalue weighted by Crippen LogP contribution is -2.33. The Hall–Kier alpha value is -3.43. The Bertz CT molecular complexity index is 1170. The number of rotatable bonds is 5. The molecule has 4 rings (SSSR count). The Labute approximate surface area is 184 Å². The number of amides is 2. The normalized spacial score (nSPS) is 23.1. The summed E-state index contributed by atoms with van der Waals surface area (Å²) in [6, 6.07) is 5.84. The SMILES string of the molecule is Nc1nc(/N=N/NC(=O)Nc2cccc(Cl)c2)nc2c1ncn2[C@@H]1O[C@H](CO)[C@@H](O)[C@H]1O. The summed E-state index contributed by atoms with van der Waals surface area (Å²) in [5.74, 6) is -0.232. The van der Waals surface area contributed by atoms with E-state index >= 15 is 0 Å². The van der Waals surface area contributed by atoms with Gasteiger partial charge in [0.2, 0.25) is 0 Å². The predicted molar refractivity (Wildman–Crippen MR) is 111 cm³/mol. The number of fused-ring (bicyclic) bond motifs is 1. The molecule has 0 aliphatic carbocycles. The van der Waals surface area contributed by atoms with E-state index in [-0.39, 0.29) is 22.9 Å². The Morgan fingerprint density at radius 1 is 1.31 bits per heavy atom. The zero-order chi connectivity index (χ0) is 22.8. The number of nitrogens with two attached hydrogens (primary N) is 1. The number of nitrogens with one attached hydrogen (secondary N) is 2. The second-order valence-electron chi connectivity index (χ2n) is 6.74. The highest BCUT2D eigenvalue weighted by molar-refractivity contribution is 6.30. The van der Waals surface area contributed by atoms with Gasteiger partial charge in [-0.25, -0.2) is 15.2 Å². The van der Waals surface area contributed by atoms with Gasteiger partial charge in [0.25, 0.3) is 5.95 Å². The fourth-order valence-electron chi connectivity index (χ4n) is 3.11. The van der Waals surface area contributed by atoms with Gasteiger partial charge in [0, 0.05) is 10.7 Å². The maximum absolute atomic E-state index is 11.9. The largest absolute Gasteiger partial charge is 0.394 e. The number of imidazole rings is 1. The van der Waals surface area contributed by atoms with Crippen LogP contribution in [0.25, 0.3) is 11.2 Å². The number of halogens is 1. The maximum atomic E-state index is 11.9. The highest BCUT2D eigenvalue weighted by Crippen LogP contribution is 2.32. The van der Waals surface area contributed by atoms with E-state index in [9.17, 15) is 20.1 Å². The van der Waals surface area contributed by atoms with Crippen LogP contribution in [0.5, 0.6) is 0 Å². The molecule has 2 amide bonds. The lowest BCUT2D eigenvalue weighted by Gasteiger charge is -2.16. The van der Waals surface area contributed by atoms with E-state index in [1.165, 1.54) is 10.9 Å². The van der Waals surface area contributed by atoms with Crippen LogP contribution in [0.1, 0.15) is 6.23 Å². The molecule has 15 heteroatoms. The molecule has 3 heterocycles. The Kier molecular flexibility index (Phi) is 6.11. The molecule has 1 aliphatic heterocycles. The molecule has 1 aromatic carbocycles. The second kappa shape index (κ2) is 8.97. The number of aromatic nitrogens is 4. The van der Waals surface area contributed by atoms with E-state index in [4.69, 9.17) is 22.1 Å². The zero-order valence-corrected chi connectivity index (χ0v) is 17.0. The molecule has 14 nitrogen and oxygen atoms in total. The van der Waals surface area contributed by atoms with Crippen molar-refractivity contribution in [2.75, 3.05) is 17.7 Å². The van der Waals surface area contributed by atoms with Gasteiger partial charge in [-0.1, -0.05) is 28.0 Å². The number of nitrogens with zero attached hydrogens (tertiary/aromatic N) is 6. The van der Waals surface area contributed by atoms with E-state index in [0.717, 1.165) is 0 Å². The smallest absolute Gasteiger partial charge is 0.341 e. The first-order chi connectivity index (χ1) is 15.4. The number of urea groups is 1. The molecule has 0 radical (unpaired) electrons. The van der Waals surface area contributed by atoms with Gasteiger partial charge < -0.3 is 31.1 Å². The van der Waals surface area contributed by atoms with Crippen LogP contribution in [0.3, 0.4) is 0 Å². The highest BCUT2D eigenvalue weighted by Gasteiger charge is 2.44. The molecule has 3 aromatic rings. The van der Waals surface area contributed by atoms with Crippen molar-refractivity contribution in [1.82, 2.24) is 24.9 Å². The first kappa shape index (κ1) is 21.8. The molecule has 7 N–H and O–H groups in total. The van der Waals surface area contributed by atoms with Crippen molar-refractivity contribution in [1.29, 1.82) is 0 Å². The summed E-state index contributed by atoms with van der Waals surface area (Å²) in [5.41, 5.74) is 8.85. The van der Waals surface area contributed by atoms with Gasteiger partial charge in [0.15, 0.2) is 17.7 Å². The summed E-state index contributed by atoms with van der Waals surface area (Å²) >= 11 is 5.86. The quantitative estimate of drug-likeness (QED) is 0.229. The fraction of sp³-hybridized carbons (Fsp3) is 0.294. The average Bonchev–Trinajstić information content (AvgIpc) is 3.29. The summed E-state index contributed by atoms with van der Waals surface area (Å²) in [5, 5.41) is 39.7. The van der Waals surface area contributed by atoms with Gasteiger partial charge in [-0.05, 0) is 18.2 Å². The summed E-state index contributed by atoms with van der Waals surface area (Å²) in [6.45, 7) is -0.485. The minimum absolute atomic E-state index is 0.0298. The van der Waals surface area contributed by atoms with Gasteiger partial charge in [-0.2, -0.15) is 9.97 Å². The highest BCUT2D eigenvalue weighted by atomic mass is 35.5. The van der Waals surface area contributed by atoms with Crippen LogP contribution >= 0.6 is 11.6 Å². The van der Waals surface area contributed by atoms with Gasteiger partial charge in [0.05, 0.1) is 12.9 Å². The number of nitrogen functional groups attached to an aromatic ring is 1. The van der Waals surface area contributed by atoms with Crippen LogP contribution < -0.4 is 16.5 Å². The van der Waals surface area contributed by atoms with Crippen LogP contribution in [-0.4, -0.2) is 65.8 Å². The van der Waals surface area contributed by atoms with Crippen molar-refractivity contribution in [2.45, 2.75) is 24.5 Å². The third kappa shape index (κ3) is 4.30. The Morgan fingerprint density at radius 3 is 2.84 bits per heavy atom. The molecule has 0 spiro atoms. The molecule has 32 heavy (non-hydrogen) atoms. The summed E-state index contributed by atoms with van der Waals surface area (Å²) in [4.78, 5) is 24.1. The van der Waals surface area contributed by atoms with Crippen molar-refractivity contribution >= 4 is 46.2 Å². The van der Waals surface area contributed by atoms with Crippen molar-refractivity contribution in [3.8, 4) is 0 Å². The molecule has 0 saturated carbocycles. The standard InChI is InChI=1S/C17H18ClN9O5/c18-7-2-1-3-8(4-7)21-17(31)25-26-24-16-22-13(19)10-14(23-16)27(6-20-10)15-12(30)11(29)9(5-28)32-15/h1-4,6,9,11-12,15,28-30H,5H2,(H4,19,21,22,23,24,25,31)/t9-,11-,12-,15-/m1/s1. The molecule has 168 valence electrons. The van der Waals surface area contributed by atoms with E-state index < -0.39 is 37.2 Å². The number of aliphatic hydroxyl groups excluding tert-OH is 3. The summed E-state index contributed by atoms with van der Waals surface area (Å²) < 4.78 is 6.82. The van der Waals surface area contributed by atoms with Crippen LogP contribution in [0.4, 0.5) is 22.2 Å². The zero-order valence-electron chi connectivity index (χ0n) is 16.2. The molecule has 0 unspecified atom stereocenters. The number of carbonyl (C=O) groups excluding carboxylic acids is 1. The predicted octanol–water partition coefficient (Wildman–Crippen LogP) is 0.494. The molecular weight excluding hydrogens is 446 g/mol. The number of aliphatic hydroxyl groups is 3. The lowest BCUT2D eigenvalue weighted by molar-refractivity contribution is -0.0511. The first-order valence-corrected chi connectivity index (χ1v) is 9.61. The monoisotopic (exact) mass is 463 g/mol. The third-order valence-electron chi connectivity index (χ3n) is 4.60. The molecule has 1 aliphatic rings. The van der Waals surface area contributed by atoms with E-state index in [1.54, 1.807) is 24.3 Å². The number of carbonyl (C=O) groups is 1. The lowest BCUT2D eigenvalue weighted by atomic mass is 10.1. The topological polar surface area (TPSA) is 205 Å². The van der Waals surface area contributed by atoms with Gasteiger partial charge in [0.1, 0.15) is 23.8 Å². The molecule has 2 aromatic heterocycles. The first-order valence-electron chi connectivity index (χ1n) is 9.23. The second-order valence-corrected chi connectivity index (χ2v) is 7.17. The van der Waals surface area contributed by atoms with Crippen LogP contribution in [0, 0.1) is 0 Å². The number of ether oxygens (including phenoxy) is 1. The van der Waals surface area contributed by atoms with Crippen LogP contribution in [0.2, 0.25) is 5.02 Å². The van der Waals surface area contributed by atoms with Crippen molar-refractivity contribution in [3.63, 3.8) is 0 Å². The Morgan fingerprint density at radius 2 is 2.12 bits per heavy atom. The number of hydrogen-bond donors (Lipinski definition) is 6. The van der Waals surface area contributed by atoms with Gasteiger partial charge in [-0.3, -0.25) is 4.57 Å². The minimum atomic E-state index is -1.34. The molecule has 1 fully saturated rings. The van der Waals surface area contributed by atoms with Crippen molar-refractivity contribution < 1.29 is 24.9 Å². The van der Waals surface area contributed by atoms with Crippen molar-refractivity contribution in [2.24, 2.45) is 10.3 Å². The molecule has 0 bridgehead atoms. The number of anilines is 2. The van der Waals surface area contributed by atoms with E-state index in [0.29, 0.717) is 10.7 Å². The van der Waals surface area contributed by atoms with E-state index in [1.807, 2.05) is 0 Å².